The molecule has 0 fully saturated rings. The Kier molecular flexibility index (Phi) is 12.0. The zero-order valence-corrected chi connectivity index (χ0v) is 42.6. The van der Waals surface area contributed by atoms with Gasteiger partial charge in [-0.15, -0.1) is 0 Å². The van der Waals surface area contributed by atoms with E-state index in [0.717, 1.165) is 0 Å². The number of phenols is 1. The quantitative estimate of drug-likeness (QED) is 0.0622. The van der Waals surface area contributed by atoms with Crippen LogP contribution < -0.4 is 32.5 Å². The van der Waals surface area contributed by atoms with E-state index in [1.807, 2.05) is 0 Å². The number of hydrogen-bond donors (Lipinski definition) is 6. The van der Waals surface area contributed by atoms with Crippen molar-refractivity contribution in [1.29, 1.82) is 0 Å². The average Bonchev–Trinajstić information content (AvgIpc) is 3.51. The van der Waals surface area contributed by atoms with Crippen LogP contribution in [0.5, 0.6) is 34.5 Å². The molecule has 10 aromatic rings. The summed E-state index contributed by atoms with van der Waals surface area (Å²) < 4.78 is 117. The van der Waals surface area contributed by atoms with Crippen LogP contribution >= 0.6 is 15.6 Å². The van der Waals surface area contributed by atoms with Gasteiger partial charge in [0.2, 0.25) is 0 Å². The number of phosphoric ester groups is 2. The van der Waals surface area contributed by atoms with Crippen molar-refractivity contribution in [3.63, 3.8) is 0 Å². The third-order valence-electron chi connectivity index (χ3n) is 12.7. The SMILES string of the molecule is COc1ccc(S(=O)(=O)Nc2cc(-c3c(O)ccc4ccccc34)c(OP(=O)(O)O)c3ccc(-c4cc5c(c6ccccc46)-c4cc(NS(=O)(=O)c6ccc(OC)cc6)c6ccccc6c4OP(=O)(O)O5)cc23)cc1. The number of sulfonamides is 2. The van der Waals surface area contributed by atoms with Crippen LogP contribution in [0.25, 0.3) is 76.5 Å². The zero-order chi connectivity index (χ0) is 52.6. The third kappa shape index (κ3) is 9.10. The molecule has 6 N–H and O–H groups in total. The van der Waals surface area contributed by atoms with Gasteiger partial charge in [-0.05, 0) is 118 Å². The summed E-state index contributed by atoms with van der Waals surface area (Å²) in [5.74, 6) is -0.0701. The van der Waals surface area contributed by atoms with E-state index in [1.165, 1.54) is 93.1 Å². The Morgan fingerprint density at radius 2 is 1.08 bits per heavy atom. The minimum absolute atomic E-state index is 0.00772. The lowest BCUT2D eigenvalue weighted by molar-refractivity contribution is 0.284. The van der Waals surface area contributed by atoms with E-state index < -0.39 is 35.7 Å². The lowest BCUT2D eigenvalue weighted by Gasteiger charge is -2.21. The zero-order valence-electron chi connectivity index (χ0n) is 39.2. The molecule has 0 radical (unpaired) electrons. The summed E-state index contributed by atoms with van der Waals surface area (Å²) in [5.41, 5.74) is 1.20. The van der Waals surface area contributed by atoms with Gasteiger partial charge < -0.3 is 28.2 Å². The van der Waals surface area contributed by atoms with Crippen LogP contribution in [0.3, 0.4) is 0 Å². The Bertz CT molecular complexity index is 4340. The van der Waals surface area contributed by atoms with Gasteiger partial charge in [0.15, 0.2) is 0 Å². The maximum atomic E-state index is 14.4. The summed E-state index contributed by atoms with van der Waals surface area (Å²) in [6, 6.07) is 43.9. The van der Waals surface area contributed by atoms with Crippen molar-refractivity contribution in [3.05, 3.63) is 170 Å². The summed E-state index contributed by atoms with van der Waals surface area (Å²) in [6.45, 7) is 0. The van der Waals surface area contributed by atoms with E-state index >= 15 is 0 Å². The summed E-state index contributed by atoms with van der Waals surface area (Å²) in [7, 11) is -16.2. The Morgan fingerprint density at radius 3 is 1.69 bits per heavy atom. The van der Waals surface area contributed by atoms with E-state index in [2.05, 4.69) is 9.44 Å². The van der Waals surface area contributed by atoms with Crippen LogP contribution in [0.15, 0.2) is 180 Å². The van der Waals surface area contributed by atoms with Crippen LogP contribution in [0.4, 0.5) is 11.4 Å². The highest BCUT2D eigenvalue weighted by Gasteiger charge is 2.36. The highest BCUT2D eigenvalue weighted by Crippen LogP contribution is 2.60. The van der Waals surface area contributed by atoms with Crippen molar-refractivity contribution < 1.29 is 68.8 Å². The van der Waals surface area contributed by atoms with Crippen molar-refractivity contribution in [2.24, 2.45) is 0 Å². The van der Waals surface area contributed by atoms with Crippen molar-refractivity contribution >= 4 is 90.2 Å². The normalized spacial score (nSPS) is 14.6. The molecule has 1 atom stereocenters. The topological polar surface area (TPSA) is 254 Å². The molecule has 0 saturated carbocycles. The van der Waals surface area contributed by atoms with Gasteiger partial charge >= 0.3 is 15.6 Å². The van der Waals surface area contributed by atoms with E-state index in [4.69, 9.17) is 23.0 Å². The monoisotopic (exact) mass is 1080 g/mol. The number of fused-ring (bicyclic) bond motifs is 9. The van der Waals surface area contributed by atoms with Crippen LogP contribution in [0.1, 0.15) is 0 Å². The van der Waals surface area contributed by atoms with Gasteiger partial charge in [-0.1, -0.05) is 84.9 Å². The largest absolute Gasteiger partial charge is 0.584 e. The lowest BCUT2D eigenvalue weighted by Crippen LogP contribution is -2.13. The molecule has 10 aromatic carbocycles. The second-order valence-electron chi connectivity index (χ2n) is 17.2. The fourth-order valence-electron chi connectivity index (χ4n) is 9.43. The number of phosphoric acid groups is 2. The molecule has 0 aliphatic carbocycles. The third-order valence-corrected chi connectivity index (χ3v) is 16.7. The molecule has 0 amide bonds. The van der Waals surface area contributed by atoms with E-state index in [0.29, 0.717) is 49.6 Å². The average molecular weight is 1080 g/mol. The minimum atomic E-state index is -5.39. The maximum Gasteiger partial charge on any atom is 0.584 e. The number of methoxy groups -OCH3 is 2. The van der Waals surface area contributed by atoms with E-state index in [1.54, 1.807) is 91.0 Å². The van der Waals surface area contributed by atoms with Crippen LogP contribution in [0, 0.1) is 0 Å². The van der Waals surface area contributed by atoms with Crippen molar-refractivity contribution in [1.82, 2.24) is 0 Å². The maximum absolute atomic E-state index is 14.4. The second-order valence-corrected chi connectivity index (χ2v) is 23.1. The van der Waals surface area contributed by atoms with E-state index in [9.17, 15) is 45.8 Å². The number of benzene rings is 10. The summed E-state index contributed by atoms with van der Waals surface area (Å²) in [4.78, 5) is 32.1. The number of phenolic OH excluding ortho intramolecular Hbond substituents is 1. The molecule has 21 heteroatoms. The predicted octanol–water partition coefficient (Wildman–Crippen LogP) is 12.0. The molecule has 1 unspecified atom stereocenters. The van der Waals surface area contributed by atoms with Gasteiger partial charge in [0.05, 0.1) is 35.4 Å². The second kappa shape index (κ2) is 18.4. The molecule has 378 valence electrons. The van der Waals surface area contributed by atoms with Gasteiger partial charge in [0, 0.05) is 43.8 Å². The molecule has 0 spiro atoms. The van der Waals surface area contributed by atoms with Gasteiger partial charge in [-0.25, -0.2) is 26.0 Å². The van der Waals surface area contributed by atoms with Gasteiger partial charge in [0.1, 0.15) is 34.5 Å². The number of ether oxygens (including phenoxy) is 2. The lowest BCUT2D eigenvalue weighted by atomic mass is 9.88. The van der Waals surface area contributed by atoms with Crippen LogP contribution in [-0.2, 0) is 29.2 Å². The van der Waals surface area contributed by atoms with Crippen molar-refractivity contribution in [3.8, 4) is 67.9 Å². The highest BCUT2D eigenvalue weighted by molar-refractivity contribution is 7.93. The molecule has 1 heterocycles. The molecule has 17 nitrogen and oxygen atoms in total. The van der Waals surface area contributed by atoms with Gasteiger partial charge in [0.25, 0.3) is 20.0 Å². The van der Waals surface area contributed by atoms with Crippen LogP contribution in [0.2, 0.25) is 0 Å². The van der Waals surface area contributed by atoms with Crippen LogP contribution in [-0.4, -0.2) is 50.8 Å². The Morgan fingerprint density at radius 1 is 0.533 bits per heavy atom. The predicted molar refractivity (Wildman–Crippen MR) is 286 cm³/mol. The van der Waals surface area contributed by atoms with E-state index in [-0.39, 0.29) is 82.6 Å². The number of nitrogens with one attached hydrogen (secondary N) is 2. The summed E-state index contributed by atoms with van der Waals surface area (Å²) in [6.07, 6.45) is 0. The Hall–Kier alpha value is -8.12. The number of hydrogen-bond acceptors (Lipinski definition) is 12. The molecule has 0 aromatic heterocycles. The Labute approximate surface area is 428 Å². The number of rotatable bonds is 12. The molecule has 0 bridgehead atoms. The molecule has 11 rings (SSSR count). The molecular formula is C54H40N2O15P2S2. The molecule has 0 saturated heterocycles. The first-order chi connectivity index (χ1) is 35.8. The summed E-state index contributed by atoms with van der Waals surface area (Å²) >= 11 is 0. The Balaban J connectivity index is 1.16. The first-order valence-corrected chi connectivity index (χ1v) is 28.6. The first-order valence-electron chi connectivity index (χ1n) is 22.6. The fraction of sp³-hybridized carbons (Fsp3) is 0.0370. The fourth-order valence-corrected chi connectivity index (χ4v) is 12.9. The van der Waals surface area contributed by atoms with Crippen molar-refractivity contribution in [2.45, 2.75) is 9.79 Å². The highest BCUT2D eigenvalue weighted by atomic mass is 32.2. The minimum Gasteiger partial charge on any atom is -0.507 e. The molecule has 75 heavy (non-hydrogen) atoms. The molecule has 1 aliphatic rings. The standard InChI is InChI=1S/C54H40N2O15P2S2/c1-67-33-17-21-35(22-18-33)74(63,64)55-47-29-46-52-40-13-7-5-11-38(40)43(30-50(52)69-73(61,62)71-54(46)41-14-8-6-12-39(41)47)32-15-25-42-44(27-32)48(56-75(65,66)36-23-19-34(68-2)20-24-36)28-45(53(42)70-72(58,59)60)51-37-10-4-3-9-31(37)16-26-49(51)57/h3-30,55-57H,1-2H3,(H,61,62)(H2,58,59,60). The van der Waals surface area contributed by atoms with Gasteiger partial charge in [-0.3, -0.25) is 24.1 Å². The first kappa shape index (κ1) is 49.1. The van der Waals surface area contributed by atoms with Gasteiger partial charge in [-0.2, -0.15) is 0 Å². The number of anilines is 2. The summed E-state index contributed by atoms with van der Waals surface area (Å²) in [5, 5.41) is 14.3. The molecule has 1 aliphatic heterocycles. The van der Waals surface area contributed by atoms with Crippen molar-refractivity contribution in [2.75, 3.05) is 23.7 Å². The number of aromatic hydroxyl groups is 1. The molecular weight excluding hydrogens is 1040 g/mol. The smallest absolute Gasteiger partial charge is 0.507 e.